The van der Waals surface area contributed by atoms with Gasteiger partial charge >= 0.3 is 11.9 Å². The summed E-state index contributed by atoms with van der Waals surface area (Å²) >= 11 is 0. The first kappa shape index (κ1) is 9.60. The van der Waals surface area contributed by atoms with Crippen LogP contribution >= 0.6 is 0 Å². The number of nitrogens with zero attached hydrogens (tertiary/aromatic N) is 1. The summed E-state index contributed by atoms with van der Waals surface area (Å²) in [5.74, 6) is -3.92. The molecule has 4 N–H and O–H groups in total. The molecule has 6 nitrogen and oxygen atoms in total. The first-order chi connectivity index (χ1) is 7.42. The Labute approximate surface area is 90.7 Å². The fourth-order valence-corrected chi connectivity index (χ4v) is 4.09. The van der Waals surface area contributed by atoms with Gasteiger partial charge in [0.15, 0.2) is 0 Å². The minimum atomic E-state index is -1.44. The zero-order chi connectivity index (χ0) is 11.9. The van der Waals surface area contributed by atoms with Crippen LogP contribution < -0.4 is 5.73 Å². The van der Waals surface area contributed by atoms with Crippen LogP contribution in [0.2, 0.25) is 0 Å². The van der Waals surface area contributed by atoms with E-state index in [1.165, 1.54) is 0 Å². The number of carboxylic acid groups (broad SMARTS) is 2. The lowest BCUT2D eigenvalue weighted by molar-refractivity contribution is -0.145. The highest BCUT2D eigenvalue weighted by atomic mass is 16.4. The molecule has 0 radical (unpaired) electrons. The van der Waals surface area contributed by atoms with Gasteiger partial charge in [-0.25, -0.2) is 0 Å². The quantitative estimate of drug-likeness (QED) is 0.565. The molecule has 0 heterocycles. The number of hydrogen-bond donors (Lipinski definition) is 3. The average molecular weight is 222 g/mol. The molecule has 0 aromatic rings. The Hall–Kier alpha value is -1.61. The fourth-order valence-electron chi connectivity index (χ4n) is 4.09. The van der Waals surface area contributed by atoms with E-state index in [9.17, 15) is 9.59 Å². The lowest BCUT2D eigenvalue weighted by atomic mass is 9.88. The van der Waals surface area contributed by atoms with Crippen LogP contribution in [-0.2, 0) is 9.59 Å². The highest BCUT2D eigenvalue weighted by Gasteiger charge is 2.95. The number of nitriles is 1. The summed E-state index contributed by atoms with van der Waals surface area (Å²) in [6, 6.07) is 2.07. The van der Waals surface area contributed by atoms with E-state index in [0.717, 1.165) is 0 Å². The second-order valence-electron chi connectivity index (χ2n) is 5.06. The van der Waals surface area contributed by atoms with Crippen LogP contribution in [0.4, 0.5) is 0 Å². The summed E-state index contributed by atoms with van der Waals surface area (Å²) in [5.41, 5.74) is 3.71. The molecule has 84 valence electrons. The Bertz CT molecular complexity index is 470. The number of aliphatic carboxylic acids is 2. The van der Waals surface area contributed by atoms with Gasteiger partial charge in [-0.2, -0.15) is 5.26 Å². The number of hydrogen-bond acceptors (Lipinski definition) is 4. The third kappa shape index (κ3) is 0.659. The molecule has 3 rings (SSSR count). The maximum Gasteiger partial charge on any atom is 0.324 e. The van der Waals surface area contributed by atoms with Crippen LogP contribution in [0.15, 0.2) is 0 Å². The van der Waals surface area contributed by atoms with E-state index < -0.39 is 34.7 Å². The fraction of sp³-hybridized carbons (Fsp3) is 0.700. The maximum absolute atomic E-state index is 11.1. The van der Waals surface area contributed by atoms with E-state index in [1.54, 1.807) is 0 Å². The Morgan fingerprint density at radius 2 is 2.06 bits per heavy atom. The Balaban J connectivity index is 2.00. The third-order valence-electron chi connectivity index (χ3n) is 4.69. The zero-order valence-corrected chi connectivity index (χ0v) is 8.25. The SMILES string of the molecule is N#CC1C2C[C@](N)(C(=O)O)[C@H]3[C@@H](C(=O)O)[C@@]123. The van der Waals surface area contributed by atoms with E-state index in [4.69, 9.17) is 21.2 Å². The van der Waals surface area contributed by atoms with Gasteiger partial charge in [-0.1, -0.05) is 0 Å². The van der Waals surface area contributed by atoms with Crippen molar-refractivity contribution in [1.29, 1.82) is 5.26 Å². The minimum Gasteiger partial charge on any atom is -0.481 e. The van der Waals surface area contributed by atoms with E-state index >= 15 is 0 Å². The highest BCUT2D eigenvalue weighted by Crippen LogP contribution is 2.89. The van der Waals surface area contributed by atoms with Crippen LogP contribution in [0.3, 0.4) is 0 Å². The van der Waals surface area contributed by atoms with Gasteiger partial charge < -0.3 is 15.9 Å². The predicted molar refractivity (Wildman–Crippen MR) is 48.8 cm³/mol. The highest BCUT2D eigenvalue weighted by molar-refractivity contribution is 5.88. The van der Waals surface area contributed by atoms with Crippen molar-refractivity contribution in [2.75, 3.05) is 0 Å². The second kappa shape index (κ2) is 2.23. The molecule has 3 saturated carbocycles. The molecular weight excluding hydrogens is 212 g/mol. The van der Waals surface area contributed by atoms with E-state index in [0.29, 0.717) is 0 Å². The molecule has 6 atom stereocenters. The summed E-state index contributed by atoms with van der Waals surface area (Å²) in [4.78, 5) is 22.1. The molecule has 0 aromatic heterocycles. The van der Waals surface area contributed by atoms with Crippen molar-refractivity contribution in [3.8, 4) is 6.07 Å². The molecule has 3 aliphatic carbocycles. The molecule has 0 aromatic carbocycles. The van der Waals surface area contributed by atoms with Crippen LogP contribution in [-0.4, -0.2) is 27.7 Å². The zero-order valence-electron chi connectivity index (χ0n) is 8.25. The number of carbonyl (C=O) groups is 2. The third-order valence-corrected chi connectivity index (χ3v) is 4.69. The van der Waals surface area contributed by atoms with Gasteiger partial charge in [0.05, 0.1) is 17.9 Å². The van der Waals surface area contributed by atoms with Crippen LogP contribution in [0.5, 0.6) is 0 Å². The second-order valence-corrected chi connectivity index (χ2v) is 5.06. The van der Waals surface area contributed by atoms with Crippen molar-refractivity contribution in [2.45, 2.75) is 12.0 Å². The van der Waals surface area contributed by atoms with Crippen molar-refractivity contribution >= 4 is 11.9 Å². The summed E-state index contributed by atoms with van der Waals surface area (Å²) in [7, 11) is 0. The van der Waals surface area contributed by atoms with Crippen molar-refractivity contribution in [1.82, 2.24) is 0 Å². The monoisotopic (exact) mass is 222 g/mol. The summed E-state index contributed by atoms with van der Waals surface area (Å²) in [6.45, 7) is 0. The summed E-state index contributed by atoms with van der Waals surface area (Å²) < 4.78 is 0. The van der Waals surface area contributed by atoms with Crippen LogP contribution in [0.1, 0.15) is 6.42 Å². The maximum atomic E-state index is 11.1. The van der Waals surface area contributed by atoms with E-state index in [-0.39, 0.29) is 18.3 Å². The Kier molecular flexibility index (Phi) is 1.34. The van der Waals surface area contributed by atoms with Gasteiger partial charge in [0.25, 0.3) is 0 Å². The lowest BCUT2D eigenvalue weighted by Crippen LogP contribution is -2.50. The molecule has 2 unspecified atom stereocenters. The molecule has 3 fully saturated rings. The molecule has 0 bridgehead atoms. The van der Waals surface area contributed by atoms with Crippen molar-refractivity contribution in [2.24, 2.45) is 34.8 Å². The van der Waals surface area contributed by atoms with Gasteiger partial charge in [0, 0.05) is 11.3 Å². The minimum absolute atomic E-state index is 0.135. The standard InChI is InChI=1S/C10H10N2O4/c11-2-4-3-1-9(12,8(15)16)6-5(7(13)14)10(3,4)6/h3-6H,1,12H2,(H,13,14)(H,15,16)/t3?,4?,5-,6+,9+,10-/m0/s1. The molecular formula is C10H10N2O4. The van der Waals surface area contributed by atoms with Gasteiger partial charge in [-0.15, -0.1) is 0 Å². The van der Waals surface area contributed by atoms with Gasteiger partial charge in [0.2, 0.25) is 0 Å². The summed E-state index contributed by atoms with van der Waals surface area (Å²) in [6.07, 6.45) is 0.231. The number of carboxylic acids is 2. The van der Waals surface area contributed by atoms with Crippen LogP contribution in [0, 0.1) is 40.4 Å². The lowest BCUT2D eigenvalue weighted by Gasteiger charge is -2.22. The molecule has 6 heteroatoms. The smallest absolute Gasteiger partial charge is 0.324 e. The summed E-state index contributed by atoms with van der Waals surface area (Å²) in [5, 5.41) is 27.0. The normalized spacial score (nSPS) is 55.8. The van der Waals surface area contributed by atoms with Crippen molar-refractivity contribution in [3.63, 3.8) is 0 Å². The predicted octanol–water partition coefficient (Wildman–Crippen LogP) is -0.741. The molecule has 1 spiro atoms. The van der Waals surface area contributed by atoms with E-state index in [2.05, 4.69) is 6.07 Å². The first-order valence-corrected chi connectivity index (χ1v) is 5.07. The molecule has 16 heavy (non-hydrogen) atoms. The molecule has 0 amide bonds. The Morgan fingerprint density at radius 3 is 2.50 bits per heavy atom. The molecule has 0 saturated heterocycles. The van der Waals surface area contributed by atoms with Crippen molar-refractivity contribution in [3.05, 3.63) is 0 Å². The van der Waals surface area contributed by atoms with Gasteiger partial charge in [-0.3, -0.25) is 9.59 Å². The van der Waals surface area contributed by atoms with Gasteiger partial charge in [0.1, 0.15) is 5.54 Å². The van der Waals surface area contributed by atoms with Gasteiger partial charge in [-0.05, 0) is 12.3 Å². The van der Waals surface area contributed by atoms with E-state index in [1.807, 2.05) is 0 Å². The first-order valence-electron chi connectivity index (χ1n) is 5.07. The number of nitrogens with two attached hydrogens (primary N) is 1. The largest absolute Gasteiger partial charge is 0.481 e. The number of rotatable bonds is 2. The average Bonchev–Trinajstić information content (AvgIpc) is 3.01. The topological polar surface area (TPSA) is 124 Å². The molecule has 0 aliphatic heterocycles. The molecule has 3 aliphatic rings. The Morgan fingerprint density at radius 1 is 1.44 bits per heavy atom. The van der Waals surface area contributed by atoms with Crippen molar-refractivity contribution < 1.29 is 19.8 Å². The van der Waals surface area contributed by atoms with Crippen LogP contribution in [0.25, 0.3) is 0 Å².